The van der Waals surface area contributed by atoms with Crippen LogP contribution in [-0.4, -0.2) is 41.3 Å². The fourth-order valence-corrected chi connectivity index (χ4v) is 2.21. The van der Waals surface area contributed by atoms with Gasteiger partial charge in [0.1, 0.15) is 6.33 Å². The molecule has 6 heteroatoms. The van der Waals surface area contributed by atoms with Crippen LogP contribution < -0.4 is 4.90 Å². The molecule has 3 rings (SSSR count). The van der Waals surface area contributed by atoms with Crippen molar-refractivity contribution in [2.24, 2.45) is 0 Å². The standard InChI is InChI=1S/C13H13BrN4O/c14-11-3-1-10(2-4-11)12-15-9-16-13(17-12)18-5-7-19-8-6-18/h1-4,9H,5-8H2. The van der Waals surface area contributed by atoms with Crippen molar-refractivity contribution < 1.29 is 4.74 Å². The van der Waals surface area contributed by atoms with E-state index in [1.165, 1.54) is 0 Å². The Labute approximate surface area is 119 Å². The number of hydrogen-bond acceptors (Lipinski definition) is 5. The minimum absolute atomic E-state index is 0.698. The molecule has 0 atom stereocenters. The first-order valence-corrected chi connectivity index (χ1v) is 6.90. The maximum atomic E-state index is 5.33. The Morgan fingerprint density at radius 2 is 1.79 bits per heavy atom. The van der Waals surface area contributed by atoms with Crippen molar-refractivity contribution in [2.75, 3.05) is 31.2 Å². The maximum absolute atomic E-state index is 5.33. The van der Waals surface area contributed by atoms with Crippen molar-refractivity contribution in [1.82, 2.24) is 15.0 Å². The molecular weight excluding hydrogens is 308 g/mol. The van der Waals surface area contributed by atoms with Gasteiger partial charge in [-0.3, -0.25) is 0 Å². The van der Waals surface area contributed by atoms with Crippen LogP contribution in [0.3, 0.4) is 0 Å². The average molecular weight is 321 g/mol. The summed E-state index contributed by atoms with van der Waals surface area (Å²) in [5.41, 5.74) is 0.986. The topological polar surface area (TPSA) is 51.1 Å². The fraction of sp³-hybridized carbons (Fsp3) is 0.308. The monoisotopic (exact) mass is 320 g/mol. The molecule has 0 spiro atoms. The van der Waals surface area contributed by atoms with Gasteiger partial charge in [0.05, 0.1) is 13.2 Å². The van der Waals surface area contributed by atoms with E-state index in [9.17, 15) is 0 Å². The molecule has 0 amide bonds. The van der Waals surface area contributed by atoms with Gasteiger partial charge in [0.15, 0.2) is 5.82 Å². The highest BCUT2D eigenvalue weighted by Gasteiger charge is 2.14. The molecule has 0 aliphatic carbocycles. The second kappa shape index (κ2) is 5.63. The predicted molar refractivity (Wildman–Crippen MR) is 76.0 cm³/mol. The Morgan fingerprint density at radius 1 is 1.05 bits per heavy atom. The van der Waals surface area contributed by atoms with Gasteiger partial charge in [-0.2, -0.15) is 4.98 Å². The second-order valence-corrected chi connectivity index (χ2v) is 5.13. The average Bonchev–Trinajstić information content (AvgIpc) is 2.49. The third-order valence-electron chi connectivity index (χ3n) is 2.96. The molecule has 1 aromatic heterocycles. The van der Waals surface area contributed by atoms with Crippen LogP contribution in [0.2, 0.25) is 0 Å². The molecule has 0 N–H and O–H groups in total. The number of anilines is 1. The first-order valence-electron chi connectivity index (χ1n) is 6.10. The lowest BCUT2D eigenvalue weighted by Crippen LogP contribution is -2.37. The second-order valence-electron chi connectivity index (χ2n) is 4.22. The van der Waals surface area contributed by atoms with Crippen molar-refractivity contribution in [3.63, 3.8) is 0 Å². The molecule has 0 saturated carbocycles. The molecule has 5 nitrogen and oxygen atoms in total. The Bertz CT molecular complexity index is 555. The van der Waals surface area contributed by atoms with Crippen LogP contribution in [0.1, 0.15) is 0 Å². The molecule has 2 aromatic rings. The van der Waals surface area contributed by atoms with Crippen LogP contribution in [0.5, 0.6) is 0 Å². The van der Waals surface area contributed by atoms with Gasteiger partial charge in [-0.25, -0.2) is 9.97 Å². The van der Waals surface area contributed by atoms with E-state index in [4.69, 9.17) is 4.74 Å². The van der Waals surface area contributed by atoms with Crippen molar-refractivity contribution in [1.29, 1.82) is 0 Å². The molecule has 0 bridgehead atoms. The Kier molecular flexibility index (Phi) is 3.70. The van der Waals surface area contributed by atoms with E-state index in [2.05, 4.69) is 35.8 Å². The largest absolute Gasteiger partial charge is 0.378 e. The molecule has 98 valence electrons. The number of rotatable bonds is 2. The molecule has 0 radical (unpaired) electrons. The molecule has 0 unspecified atom stereocenters. The zero-order valence-corrected chi connectivity index (χ0v) is 11.9. The van der Waals surface area contributed by atoms with Crippen molar-refractivity contribution in [2.45, 2.75) is 0 Å². The number of halogens is 1. The zero-order chi connectivity index (χ0) is 13.1. The van der Waals surface area contributed by atoms with E-state index in [-0.39, 0.29) is 0 Å². The van der Waals surface area contributed by atoms with Gasteiger partial charge in [-0.15, -0.1) is 0 Å². The van der Waals surface area contributed by atoms with Crippen LogP contribution in [0.15, 0.2) is 35.1 Å². The number of benzene rings is 1. The summed E-state index contributed by atoms with van der Waals surface area (Å²) in [5.74, 6) is 1.42. The molecule has 1 fully saturated rings. The summed E-state index contributed by atoms with van der Waals surface area (Å²) in [6, 6.07) is 7.94. The van der Waals surface area contributed by atoms with E-state index >= 15 is 0 Å². The fourth-order valence-electron chi connectivity index (χ4n) is 1.94. The van der Waals surface area contributed by atoms with E-state index in [1.807, 2.05) is 24.3 Å². The summed E-state index contributed by atoms with van der Waals surface area (Å²) < 4.78 is 6.37. The van der Waals surface area contributed by atoms with Crippen LogP contribution in [0, 0.1) is 0 Å². The van der Waals surface area contributed by atoms with Gasteiger partial charge in [0.2, 0.25) is 5.95 Å². The van der Waals surface area contributed by atoms with Crippen molar-refractivity contribution in [3.8, 4) is 11.4 Å². The highest BCUT2D eigenvalue weighted by molar-refractivity contribution is 9.10. The van der Waals surface area contributed by atoms with Gasteiger partial charge in [-0.1, -0.05) is 28.1 Å². The SMILES string of the molecule is Brc1ccc(-c2ncnc(N3CCOCC3)n2)cc1. The first kappa shape index (κ1) is 12.5. The smallest absolute Gasteiger partial charge is 0.229 e. The van der Waals surface area contributed by atoms with E-state index in [0.717, 1.165) is 42.3 Å². The normalized spacial score (nSPS) is 15.5. The third kappa shape index (κ3) is 2.90. The molecule has 1 saturated heterocycles. The van der Waals surface area contributed by atoms with Crippen LogP contribution >= 0.6 is 15.9 Å². The third-order valence-corrected chi connectivity index (χ3v) is 3.48. The highest BCUT2D eigenvalue weighted by atomic mass is 79.9. The minimum Gasteiger partial charge on any atom is -0.378 e. The van der Waals surface area contributed by atoms with Gasteiger partial charge in [0.25, 0.3) is 0 Å². The molecule has 1 aliphatic heterocycles. The predicted octanol–water partition coefficient (Wildman–Crippen LogP) is 2.14. The van der Waals surface area contributed by atoms with Gasteiger partial charge in [-0.05, 0) is 12.1 Å². The highest BCUT2D eigenvalue weighted by Crippen LogP contribution is 2.19. The lowest BCUT2D eigenvalue weighted by atomic mass is 10.2. The summed E-state index contributed by atoms with van der Waals surface area (Å²) in [6.45, 7) is 3.09. The van der Waals surface area contributed by atoms with E-state index in [1.54, 1.807) is 6.33 Å². The Morgan fingerprint density at radius 3 is 2.53 bits per heavy atom. The molecular formula is C13H13BrN4O. The summed E-state index contributed by atoms with van der Waals surface area (Å²) in [6.07, 6.45) is 1.56. The Hall–Kier alpha value is -1.53. The van der Waals surface area contributed by atoms with Gasteiger partial charge >= 0.3 is 0 Å². The number of hydrogen-bond donors (Lipinski definition) is 0. The summed E-state index contributed by atoms with van der Waals surface area (Å²) in [5, 5.41) is 0. The lowest BCUT2D eigenvalue weighted by Gasteiger charge is -2.26. The van der Waals surface area contributed by atoms with E-state index in [0.29, 0.717) is 5.82 Å². The maximum Gasteiger partial charge on any atom is 0.229 e. The minimum atomic E-state index is 0.698. The number of aromatic nitrogens is 3. The quantitative estimate of drug-likeness (QED) is 0.848. The first-order chi connectivity index (χ1) is 9.33. The van der Waals surface area contributed by atoms with Crippen molar-refractivity contribution >= 4 is 21.9 Å². The summed E-state index contributed by atoms with van der Waals surface area (Å²) >= 11 is 3.42. The zero-order valence-electron chi connectivity index (χ0n) is 10.3. The molecule has 19 heavy (non-hydrogen) atoms. The lowest BCUT2D eigenvalue weighted by molar-refractivity contribution is 0.122. The number of ether oxygens (including phenoxy) is 1. The van der Waals surface area contributed by atoms with Crippen molar-refractivity contribution in [3.05, 3.63) is 35.1 Å². The number of nitrogens with zero attached hydrogens (tertiary/aromatic N) is 4. The van der Waals surface area contributed by atoms with E-state index < -0.39 is 0 Å². The molecule has 1 aliphatic rings. The summed E-state index contributed by atoms with van der Waals surface area (Å²) in [4.78, 5) is 15.1. The Balaban J connectivity index is 1.88. The molecule has 2 heterocycles. The van der Waals surface area contributed by atoms with Crippen LogP contribution in [0.4, 0.5) is 5.95 Å². The van der Waals surface area contributed by atoms with Gasteiger partial charge in [0, 0.05) is 23.1 Å². The number of morpholine rings is 1. The molecule has 1 aromatic carbocycles. The van der Waals surface area contributed by atoms with Gasteiger partial charge < -0.3 is 9.64 Å². The van der Waals surface area contributed by atoms with Crippen LogP contribution in [-0.2, 0) is 4.74 Å². The van der Waals surface area contributed by atoms with Crippen LogP contribution in [0.25, 0.3) is 11.4 Å². The summed E-state index contributed by atoms with van der Waals surface area (Å²) in [7, 11) is 0.